The van der Waals surface area contributed by atoms with E-state index in [1.54, 1.807) is 20.8 Å². The van der Waals surface area contributed by atoms with Gasteiger partial charge in [-0.3, -0.25) is 0 Å². The van der Waals surface area contributed by atoms with Crippen LogP contribution in [0, 0.1) is 5.41 Å². The molecule has 0 radical (unpaired) electrons. The third-order valence-electron chi connectivity index (χ3n) is 3.28. The van der Waals surface area contributed by atoms with Crippen molar-refractivity contribution in [3.63, 3.8) is 0 Å². The van der Waals surface area contributed by atoms with Crippen molar-refractivity contribution in [3.8, 4) is 0 Å². The van der Waals surface area contributed by atoms with Crippen molar-refractivity contribution in [2.45, 2.75) is 77.5 Å². The zero-order valence-corrected chi connectivity index (χ0v) is 13.1. The van der Waals surface area contributed by atoms with Crippen LogP contribution in [0.4, 0.5) is 13.6 Å². The molecule has 118 valence electrons. The Hall–Kier alpha value is -0.910. The summed E-state index contributed by atoms with van der Waals surface area (Å²) in [6.07, 6.45) is -1.47. The zero-order chi connectivity index (χ0) is 16.0. The average molecular weight is 292 g/mol. The van der Waals surface area contributed by atoms with Gasteiger partial charge in [0.2, 0.25) is 0 Å². The number of nitrogens with two attached hydrogens (primary N) is 1. The lowest BCUT2D eigenvalue weighted by Crippen LogP contribution is -2.72. The maximum absolute atomic E-state index is 13.2. The second-order valence-electron chi connectivity index (χ2n) is 7.89. The normalized spacial score (nSPS) is 22.6. The lowest BCUT2D eigenvalue weighted by molar-refractivity contribution is -0.141. The number of ether oxygens (including phenoxy) is 1. The predicted octanol–water partition coefficient (Wildman–Crippen LogP) is 3.05. The third kappa shape index (κ3) is 4.30. The molecular formula is C14H26F2N2O2. The minimum atomic E-state index is -2.74. The van der Waals surface area contributed by atoms with E-state index < -0.39 is 47.5 Å². The van der Waals surface area contributed by atoms with Gasteiger partial charge < -0.3 is 15.8 Å². The molecule has 6 heteroatoms. The summed E-state index contributed by atoms with van der Waals surface area (Å²) in [5.74, 6) is -2.74. The molecule has 0 saturated heterocycles. The highest BCUT2D eigenvalue weighted by atomic mass is 19.3. The monoisotopic (exact) mass is 292 g/mol. The van der Waals surface area contributed by atoms with Crippen LogP contribution in [0.25, 0.3) is 0 Å². The number of nitrogens with one attached hydrogen (secondary N) is 1. The molecule has 1 atom stereocenters. The van der Waals surface area contributed by atoms with Gasteiger partial charge in [-0.2, -0.15) is 0 Å². The molecule has 3 N–H and O–H groups in total. The lowest BCUT2D eigenvalue weighted by atomic mass is 9.62. The van der Waals surface area contributed by atoms with Crippen molar-refractivity contribution < 1.29 is 18.3 Å². The summed E-state index contributed by atoms with van der Waals surface area (Å²) in [6.45, 7) is 10.8. The maximum Gasteiger partial charge on any atom is 0.407 e. The summed E-state index contributed by atoms with van der Waals surface area (Å²) in [6, 6.07) is -0.579. The Morgan fingerprint density at radius 3 is 1.95 bits per heavy atom. The van der Waals surface area contributed by atoms with Crippen LogP contribution >= 0.6 is 0 Å². The van der Waals surface area contributed by atoms with E-state index in [9.17, 15) is 13.6 Å². The number of rotatable bonds is 2. The summed E-state index contributed by atoms with van der Waals surface area (Å²) in [5.41, 5.74) is 3.89. The SMILES string of the molecule is CC(C)(C)OC(=O)NC(C(C)(C)C)C1(N)CC(F)(F)C1. The van der Waals surface area contributed by atoms with E-state index in [0.29, 0.717) is 0 Å². The predicted molar refractivity (Wildman–Crippen MR) is 73.7 cm³/mol. The number of halogens is 2. The fraction of sp³-hybridized carbons (Fsp3) is 0.929. The van der Waals surface area contributed by atoms with Crippen LogP contribution in [0.1, 0.15) is 54.4 Å². The van der Waals surface area contributed by atoms with E-state index in [2.05, 4.69) is 5.32 Å². The van der Waals surface area contributed by atoms with E-state index in [-0.39, 0.29) is 0 Å². The smallest absolute Gasteiger partial charge is 0.407 e. The molecule has 1 saturated carbocycles. The quantitative estimate of drug-likeness (QED) is 0.822. The first-order chi connectivity index (χ1) is 8.65. The molecule has 0 aromatic rings. The first-order valence-corrected chi connectivity index (χ1v) is 6.81. The minimum absolute atomic E-state index is 0.419. The molecule has 0 bridgehead atoms. The third-order valence-corrected chi connectivity index (χ3v) is 3.28. The van der Waals surface area contributed by atoms with Crippen molar-refractivity contribution in [1.29, 1.82) is 0 Å². The Kier molecular flexibility index (Phi) is 4.14. The molecule has 0 aromatic carbocycles. The van der Waals surface area contributed by atoms with Gasteiger partial charge in [-0.1, -0.05) is 20.8 Å². The van der Waals surface area contributed by atoms with Crippen LogP contribution < -0.4 is 11.1 Å². The molecule has 4 nitrogen and oxygen atoms in total. The molecule has 1 aliphatic rings. The molecular weight excluding hydrogens is 266 g/mol. The van der Waals surface area contributed by atoms with Crippen LogP contribution in [0.15, 0.2) is 0 Å². The highest BCUT2D eigenvalue weighted by Gasteiger charge is 2.60. The largest absolute Gasteiger partial charge is 0.444 e. The van der Waals surface area contributed by atoms with Crippen LogP contribution in [-0.2, 0) is 4.74 Å². The topological polar surface area (TPSA) is 64.3 Å². The second kappa shape index (κ2) is 4.83. The Morgan fingerprint density at radius 2 is 1.65 bits per heavy atom. The van der Waals surface area contributed by atoms with Crippen molar-refractivity contribution in [2.24, 2.45) is 11.1 Å². The Morgan fingerprint density at radius 1 is 1.20 bits per heavy atom. The van der Waals surface area contributed by atoms with Crippen molar-refractivity contribution in [3.05, 3.63) is 0 Å². The number of hydrogen-bond acceptors (Lipinski definition) is 3. The van der Waals surface area contributed by atoms with Crippen LogP contribution in [-0.4, -0.2) is 29.2 Å². The summed E-state index contributed by atoms with van der Waals surface area (Å²) in [5, 5.41) is 2.67. The van der Waals surface area contributed by atoms with Gasteiger partial charge in [0.1, 0.15) is 5.60 Å². The van der Waals surface area contributed by atoms with Gasteiger partial charge in [0.25, 0.3) is 5.92 Å². The molecule has 20 heavy (non-hydrogen) atoms. The fourth-order valence-electron chi connectivity index (χ4n) is 2.76. The van der Waals surface area contributed by atoms with Crippen molar-refractivity contribution in [1.82, 2.24) is 5.32 Å². The molecule has 1 aliphatic carbocycles. The standard InChI is InChI=1S/C14H26F2N2O2/c1-11(2,3)9(13(17)7-14(15,16)8-13)18-10(19)20-12(4,5)6/h9H,7-8,17H2,1-6H3,(H,18,19). The first kappa shape index (κ1) is 17.1. The minimum Gasteiger partial charge on any atom is -0.444 e. The molecule has 1 amide bonds. The van der Waals surface area contributed by atoms with Gasteiger partial charge in [-0.15, -0.1) is 0 Å². The number of amides is 1. The summed E-state index contributed by atoms with van der Waals surface area (Å²) < 4.78 is 31.5. The van der Waals surface area contributed by atoms with Crippen molar-refractivity contribution in [2.75, 3.05) is 0 Å². The zero-order valence-electron chi connectivity index (χ0n) is 13.1. The second-order valence-corrected chi connectivity index (χ2v) is 7.89. The highest BCUT2D eigenvalue weighted by molar-refractivity contribution is 5.68. The molecule has 1 fully saturated rings. The number of alkyl carbamates (subject to hydrolysis) is 1. The summed E-state index contributed by atoms with van der Waals surface area (Å²) in [4.78, 5) is 11.9. The number of carbonyl (C=O) groups is 1. The summed E-state index contributed by atoms with van der Waals surface area (Å²) >= 11 is 0. The fourth-order valence-corrected chi connectivity index (χ4v) is 2.76. The number of alkyl halides is 2. The molecule has 1 unspecified atom stereocenters. The van der Waals surface area contributed by atoms with Crippen LogP contribution in [0.2, 0.25) is 0 Å². The molecule has 0 aliphatic heterocycles. The van der Waals surface area contributed by atoms with Crippen LogP contribution in [0.5, 0.6) is 0 Å². The number of hydrogen-bond donors (Lipinski definition) is 2. The van der Waals surface area contributed by atoms with Gasteiger partial charge in [-0.05, 0) is 26.2 Å². The lowest BCUT2D eigenvalue weighted by Gasteiger charge is -2.53. The van der Waals surface area contributed by atoms with E-state index in [0.717, 1.165) is 0 Å². The number of carbonyl (C=O) groups excluding carboxylic acids is 1. The van der Waals surface area contributed by atoms with Gasteiger partial charge in [0.05, 0.1) is 6.04 Å². The Bertz CT molecular complexity index is 376. The van der Waals surface area contributed by atoms with Gasteiger partial charge in [-0.25, -0.2) is 13.6 Å². The maximum atomic E-state index is 13.2. The molecule has 1 rings (SSSR count). The average Bonchev–Trinajstić information content (AvgIpc) is 2.05. The van der Waals surface area contributed by atoms with Gasteiger partial charge >= 0.3 is 6.09 Å². The Balaban J connectivity index is 2.81. The summed E-state index contributed by atoms with van der Waals surface area (Å²) in [7, 11) is 0. The highest BCUT2D eigenvalue weighted by Crippen LogP contribution is 2.49. The Labute approximate surface area is 119 Å². The van der Waals surface area contributed by atoms with E-state index in [4.69, 9.17) is 10.5 Å². The van der Waals surface area contributed by atoms with E-state index in [1.165, 1.54) is 0 Å². The van der Waals surface area contributed by atoms with Crippen LogP contribution in [0.3, 0.4) is 0 Å². The molecule has 0 heterocycles. The molecule has 0 aromatic heterocycles. The van der Waals surface area contributed by atoms with Gasteiger partial charge in [0, 0.05) is 18.4 Å². The first-order valence-electron chi connectivity index (χ1n) is 6.81. The van der Waals surface area contributed by atoms with Crippen molar-refractivity contribution >= 4 is 6.09 Å². The van der Waals surface area contributed by atoms with E-state index >= 15 is 0 Å². The molecule has 0 spiro atoms. The van der Waals surface area contributed by atoms with E-state index in [1.807, 2.05) is 20.8 Å². The van der Waals surface area contributed by atoms with Gasteiger partial charge in [0.15, 0.2) is 0 Å².